The number of amides is 1. The molecule has 1 aliphatic heterocycles. The zero-order valence-corrected chi connectivity index (χ0v) is 12.3. The Morgan fingerprint density at radius 2 is 2.11 bits per heavy atom. The molecule has 1 fully saturated rings. The van der Waals surface area contributed by atoms with Gasteiger partial charge in [0.25, 0.3) is 0 Å². The predicted molar refractivity (Wildman–Crippen MR) is 77.1 cm³/mol. The van der Waals surface area contributed by atoms with Gasteiger partial charge in [-0.25, -0.2) is 4.79 Å². The highest BCUT2D eigenvalue weighted by atomic mass is 32.2. The number of hydrogen-bond donors (Lipinski definition) is 2. The second-order valence-electron chi connectivity index (χ2n) is 5.32. The molecule has 1 atom stereocenters. The largest absolute Gasteiger partial charge is 0.444 e. The Balaban J connectivity index is 2.01. The van der Waals surface area contributed by atoms with E-state index in [4.69, 9.17) is 4.74 Å². The average molecular weight is 272 g/mol. The van der Waals surface area contributed by atoms with Gasteiger partial charge in [-0.05, 0) is 32.9 Å². The van der Waals surface area contributed by atoms with Gasteiger partial charge in [0.15, 0.2) is 0 Å². The summed E-state index contributed by atoms with van der Waals surface area (Å²) in [6, 6.07) is 0.651. The standard InChI is InChI=1S/C13H24N2O2S/c1-13(2,3)17-12(16)15-8-5-4-7-14-11-6-9-18-10-11/h4-5,11,14H,6-10H2,1-3H3,(H,15,16)/b5-4+. The van der Waals surface area contributed by atoms with E-state index in [0.29, 0.717) is 12.6 Å². The molecular formula is C13H24N2O2S. The van der Waals surface area contributed by atoms with Crippen LogP contribution >= 0.6 is 11.8 Å². The fraction of sp³-hybridized carbons (Fsp3) is 0.769. The van der Waals surface area contributed by atoms with E-state index < -0.39 is 5.60 Å². The number of alkyl carbamates (subject to hydrolysis) is 1. The number of nitrogens with one attached hydrogen (secondary N) is 2. The number of carbonyl (C=O) groups excluding carboxylic acids is 1. The molecule has 0 aromatic rings. The van der Waals surface area contributed by atoms with Gasteiger partial charge in [-0.2, -0.15) is 11.8 Å². The van der Waals surface area contributed by atoms with Gasteiger partial charge in [-0.15, -0.1) is 0 Å². The third-order valence-corrected chi connectivity index (χ3v) is 3.55. The van der Waals surface area contributed by atoms with Crippen molar-refractivity contribution < 1.29 is 9.53 Å². The van der Waals surface area contributed by atoms with Crippen LogP contribution in [-0.4, -0.2) is 42.3 Å². The maximum absolute atomic E-state index is 11.3. The number of thioether (sulfide) groups is 1. The van der Waals surface area contributed by atoms with Gasteiger partial charge in [-0.3, -0.25) is 0 Å². The van der Waals surface area contributed by atoms with Crippen LogP contribution in [0, 0.1) is 0 Å². The first kappa shape index (κ1) is 15.4. The quantitative estimate of drug-likeness (QED) is 0.753. The highest BCUT2D eigenvalue weighted by Crippen LogP contribution is 2.16. The van der Waals surface area contributed by atoms with Crippen molar-refractivity contribution in [2.24, 2.45) is 0 Å². The van der Waals surface area contributed by atoms with Crippen molar-refractivity contribution in [3.8, 4) is 0 Å². The van der Waals surface area contributed by atoms with Crippen molar-refractivity contribution in [3.05, 3.63) is 12.2 Å². The summed E-state index contributed by atoms with van der Waals surface area (Å²) in [4.78, 5) is 11.3. The molecule has 104 valence electrons. The molecule has 0 aliphatic carbocycles. The minimum absolute atomic E-state index is 0.368. The lowest BCUT2D eigenvalue weighted by Gasteiger charge is -2.19. The Hall–Kier alpha value is -0.680. The molecule has 4 nitrogen and oxygen atoms in total. The molecule has 1 aliphatic rings. The summed E-state index contributed by atoms with van der Waals surface area (Å²) in [6.45, 7) is 6.93. The Bertz CT molecular complexity index is 281. The monoisotopic (exact) mass is 272 g/mol. The molecule has 0 saturated carbocycles. The van der Waals surface area contributed by atoms with Crippen molar-refractivity contribution in [2.75, 3.05) is 24.6 Å². The van der Waals surface area contributed by atoms with E-state index in [-0.39, 0.29) is 6.09 Å². The Morgan fingerprint density at radius 1 is 1.39 bits per heavy atom. The molecule has 1 amide bonds. The summed E-state index contributed by atoms with van der Waals surface area (Å²) in [5, 5.41) is 6.14. The minimum atomic E-state index is -0.435. The lowest BCUT2D eigenvalue weighted by atomic mass is 10.2. The van der Waals surface area contributed by atoms with Crippen LogP contribution < -0.4 is 10.6 Å². The summed E-state index contributed by atoms with van der Waals surface area (Å²) in [7, 11) is 0. The van der Waals surface area contributed by atoms with Gasteiger partial charge in [0, 0.05) is 24.9 Å². The molecule has 1 rings (SSSR count). The van der Waals surface area contributed by atoms with E-state index in [9.17, 15) is 4.79 Å². The van der Waals surface area contributed by atoms with Gasteiger partial charge in [0.2, 0.25) is 0 Å². The maximum Gasteiger partial charge on any atom is 0.407 e. The van der Waals surface area contributed by atoms with E-state index in [1.807, 2.05) is 44.7 Å². The van der Waals surface area contributed by atoms with Crippen LogP contribution in [0.3, 0.4) is 0 Å². The van der Waals surface area contributed by atoms with Crippen LogP contribution in [0.5, 0.6) is 0 Å². The van der Waals surface area contributed by atoms with E-state index in [1.165, 1.54) is 17.9 Å². The molecule has 2 N–H and O–H groups in total. The Labute approximate surface area is 114 Å². The lowest BCUT2D eigenvalue weighted by molar-refractivity contribution is 0.0534. The van der Waals surface area contributed by atoms with Crippen LogP contribution in [0.1, 0.15) is 27.2 Å². The number of hydrogen-bond acceptors (Lipinski definition) is 4. The highest BCUT2D eigenvalue weighted by molar-refractivity contribution is 7.99. The molecule has 1 unspecified atom stereocenters. The van der Waals surface area contributed by atoms with Crippen molar-refractivity contribution in [1.29, 1.82) is 0 Å². The third-order valence-electron chi connectivity index (χ3n) is 2.38. The van der Waals surface area contributed by atoms with Gasteiger partial charge >= 0.3 is 6.09 Å². The SMILES string of the molecule is CC(C)(C)OC(=O)NC/C=C/CNC1CCSC1. The summed E-state index contributed by atoms with van der Waals surface area (Å²) < 4.78 is 5.12. The lowest BCUT2D eigenvalue weighted by Crippen LogP contribution is -2.32. The van der Waals surface area contributed by atoms with Gasteiger partial charge in [0.1, 0.15) is 5.60 Å². The summed E-state index contributed by atoms with van der Waals surface area (Å²) in [5.41, 5.74) is -0.435. The Kier molecular flexibility index (Phi) is 6.57. The van der Waals surface area contributed by atoms with Crippen LogP contribution in [0.25, 0.3) is 0 Å². The molecule has 18 heavy (non-hydrogen) atoms. The predicted octanol–water partition coefficient (Wildman–Crippen LogP) is 2.16. The third kappa shape index (κ3) is 7.61. The van der Waals surface area contributed by atoms with Crippen molar-refractivity contribution in [1.82, 2.24) is 10.6 Å². The maximum atomic E-state index is 11.3. The molecular weight excluding hydrogens is 248 g/mol. The van der Waals surface area contributed by atoms with Crippen molar-refractivity contribution in [3.63, 3.8) is 0 Å². The number of ether oxygens (including phenoxy) is 1. The fourth-order valence-electron chi connectivity index (χ4n) is 1.55. The molecule has 1 saturated heterocycles. The molecule has 0 aromatic carbocycles. The topological polar surface area (TPSA) is 50.4 Å². The Morgan fingerprint density at radius 3 is 2.72 bits per heavy atom. The smallest absolute Gasteiger partial charge is 0.407 e. The first-order valence-electron chi connectivity index (χ1n) is 6.40. The zero-order valence-electron chi connectivity index (χ0n) is 11.5. The van der Waals surface area contributed by atoms with Crippen molar-refractivity contribution >= 4 is 17.9 Å². The normalized spacial score (nSPS) is 20.3. The van der Waals surface area contributed by atoms with Crippen LogP contribution in [-0.2, 0) is 4.74 Å². The minimum Gasteiger partial charge on any atom is -0.444 e. The summed E-state index contributed by atoms with van der Waals surface area (Å²) in [5.74, 6) is 2.48. The first-order valence-corrected chi connectivity index (χ1v) is 7.56. The molecule has 0 bridgehead atoms. The van der Waals surface area contributed by atoms with Crippen molar-refractivity contribution in [2.45, 2.75) is 38.8 Å². The van der Waals surface area contributed by atoms with Gasteiger partial charge < -0.3 is 15.4 Å². The fourth-order valence-corrected chi connectivity index (χ4v) is 2.74. The van der Waals surface area contributed by atoms with Crippen LogP contribution in [0.15, 0.2) is 12.2 Å². The molecule has 1 heterocycles. The van der Waals surface area contributed by atoms with Gasteiger partial charge in [-0.1, -0.05) is 12.2 Å². The van der Waals surface area contributed by atoms with Crippen LogP contribution in [0.4, 0.5) is 4.79 Å². The number of rotatable bonds is 5. The molecule has 5 heteroatoms. The molecule has 0 spiro atoms. The highest BCUT2D eigenvalue weighted by Gasteiger charge is 2.15. The zero-order chi connectivity index (χ0) is 13.4. The van der Waals surface area contributed by atoms with E-state index >= 15 is 0 Å². The summed E-state index contributed by atoms with van der Waals surface area (Å²) in [6.07, 6.45) is 4.88. The second kappa shape index (κ2) is 7.69. The molecule has 0 radical (unpaired) electrons. The van der Waals surface area contributed by atoms with Gasteiger partial charge in [0.05, 0.1) is 0 Å². The van der Waals surface area contributed by atoms with E-state index in [2.05, 4.69) is 10.6 Å². The summed E-state index contributed by atoms with van der Waals surface area (Å²) >= 11 is 2.00. The average Bonchev–Trinajstić information content (AvgIpc) is 2.73. The molecule has 0 aromatic heterocycles. The second-order valence-corrected chi connectivity index (χ2v) is 6.47. The number of carbonyl (C=O) groups is 1. The van der Waals surface area contributed by atoms with Crippen LogP contribution in [0.2, 0.25) is 0 Å². The first-order chi connectivity index (χ1) is 8.47. The van der Waals surface area contributed by atoms with E-state index in [0.717, 1.165) is 6.54 Å². The van der Waals surface area contributed by atoms with E-state index in [1.54, 1.807) is 0 Å².